The van der Waals surface area contributed by atoms with Crippen LogP contribution in [0.4, 0.5) is 5.69 Å². The van der Waals surface area contributed by atoms with Crippen molar-refractivity contribution in [2.45, 2.75) is 37.3 Å². The van der Waals surface area contributed by atoms with Gasteiger partial charge in [0.05, 0.1) is 11.1 Å². The molecular formula is C18H20N4O4. The van der Waals surface area contributed by atoms with Gasteiger partial charge in [0.25, 0.3) is 11.8 Å². The summed E-state index contributed by atoms with van der Waals surface area (Å²) < 4.78 is 0. The van der Waals surface area contributed by atoms with Gasteiger partial charge in [0, 0.05) is 31.2 Å². The highest BCUT2D eigenvalue weighted by Gasteiger charge is 2.45. The number of hydrogen-bond donors (Lipinski definition) is 2. The fourth-order valence-corrected chi connectivity index (χ4v) is 3.58. The van der Waals surface area contributed by atoms with E-state index in [-0.39, 0.29) is 35.4 Å². The second-order valence-corrected chi connectivity index (χ2v) is 7.40. The highest BCUT2D eigenvalue weighted by Crippen LogP contribution is 2.35. The minimum absolute atomic E-state index is 0.108. The SMILES string of the molecule is CN(CC1(N)CC1)c1ccc2c(c1)C(=O)N(C1CCC(=O)NC1=O)C2=O. The molecule has 26 heavy (non-hydrogen) atoms. The summed E-state index contributed by atoms with van der Waals surface area (Å²) >= 11 is 0. The third-order valence-electron chi connectivity index (χ3n) is 5.31. The first kappa shape index (κ1) is 16.7. The van der Waals surface area contributed by atoms with Crippen molar-refractivity contribution < 1.29 is 19.2 Å². The molecule has 2 aliphatic heterocycles. The quantitative estimate of drug-likeness (QED) is 0.735. The lowest BCUT2D eigenvalue weighted by Gasteiger charge is -2.27. The number of piperidine rings is 1. The Morgan fingerprint density at radius 3 is 2.54 bits per heavy atom. The monoisotopic (exact) mass is 356 g/mol. The van der Waals surface area contributed by atoms with Crippen molar-refractivity contribution in [1.82, 2.24) is 10.2 Å². The van der Waals surface area contributed by atoms with Crippen molar-refractivity contribution >= 4 is 29.3 Å². The van der Waals surface area contributed by atoms with Gasteiger partial charge in [-0.05, 0) is 37.5 Å². The number of benzene rings is 1. The maximum atomic E-state index is 12.8. The zero-order chi connectivity index (χ0) is 18.6. The molecule has 0 bridgehead atoms. The molecular weight excluding hydrogens is 336 g/mol. The minimum atomic E-state index is -0.944. The van der Waals surface area contributed by atoms with Gasteiger partial charge in [-0.15, -0.1) is 0 Å². The average molecular weight is 356 g/mol. The Balaban J connectivity index is 1.60. The fourth-order valence-electron chi connectivity index (χ4n) is 3.58. The number of carbonyl (C=O) groups is 4. The van der Waals surface area contributed by atoms with Crippen molar-refractivity contribution in [2.24, 2.45) is 5.73 Å². The second kappa shape index (κ2) is 5.63. The van der Waals surface area contributed by atoms with E-state index >= 15 is 0 Å². The summed E-state index contributed by atoms with van der Waals surface area (Å²) in [6, 6.07) is 4.13. The summed E-state index contributed by atoms with van der Waals surface area (Å²) in [6.07, 6.45) is 2.21. The Kier molecular flexibility index (Phi) is 3.62. The molecule has 0 radical (unpaired) electrons. The second-order valence-electron chi connectivity index (χ2n) is 7.40. The number of imide groups is 2. The van der Waals surface area contributed by atoms with E-state index in [1.54, 1.807) is 18.2 Å². The number of hydrogen-bond acceptors (Lipinski definition) is 6. The van der Waals surface area contributed by atoms with Crippen LogP contribution in [-0.4, -0.2) is 53.7 Å². The molecule has 3 aliphatic rings. The highest BCUT2D eigenvalue weighted by molar-refractivity contribution is 6.23. The van der Waals surface area contributed by atoms with Crippen LogP contribution in [0.3, 0.4) is 0 Å². The van der Waals surface area contributed by atoms with Gasteiger partial charge in [0.1, 0.15) is 6.04 Å². The number of anilines is 1. The van der Waals surface area contributed by atoms with E-state index in [0.29, 0.717) is 6.54 Å². The maximum absolute atomic E-state index is 12.8. The van der Waals surface area contributed by atoms with Gasteiger partial charge in [0.2, 0.25) is 11.8 Å². The molecule has 0 aromatic heterocycles. The van der Waals surface area contributed by atoms with Crippen molar-refractivity contribution in [3.8, 4) is 0 Å². The van der Waals surface area contributed by atoms with Crippen LogP contribution in [0, 0.1) is 0 Å². The van der Waals surface area contributed by atoms with Crippen LogP contribution in [0.25, 0.3) is 0 Å². The smallest absolute Gasteiger partial charge is 0.262 e. The van der Waals surface area contributed by atoms with Crippen LogP contribution in [0.5, 0.6) is 0 Å². The number of rotatable bonds is 4. The zero-order valence-electron chi connectivity index (χ0n) is 14.4. The fraction of sp³-hybridized carbons (Fsp3) is 0.444. The Morgan fingerprint density at radius 2 is 1.88 bits per heavy atom. The number of nitrogens with zero attached hydrogens (tertiary/aromatic N) is 2. The third-order valence-corrected chi connectivity index (χ3v) is 5.31. The van der Waals surface area contributed by atoms with Crippen molar-refractivity contribution in [3.05, 3.63) is 29.3 Å². The molecule has 1 aromatic rings. The Bertz CT molecular complexity index is 846. The zero-order valence-corrected chi connectivity index (χ0v) is 14.4. The molecule has 1 saturated heterocycles. The van der Waals surface area contributed by atoms with Crippen LogP contribution in [0.15, 0.2) is 18.2 Å². The molecule has 1 aliphatic carbocycles. The molecule has 1 unspecified atom stereocenters. The molecule has 1 saturated carbocycles. The molecule has 4 amide bonds. The van der Waals surface area contributed by atoms with E-state index in [0.717, 1.165) is 23.4 Å². The molecule has 1 aromatic carbocycles. The lowest BCUT2D eigenvalue weighted by molar-refractivity contribution is -0.136. The van der Waals surface area contributed by atoms with E-state index in [1.807, 2.05) is 11.9 Å². The number of amides is 4. The molecule has 2 heterocycles. The molecule has 0 spiro atoms. The lowest BCUT2D eigenvalue weighted by Crippen LogP contribution is -2.54. The van der Waals surface area contributed by atoms with Crippen molar-refractivity contribution in [1.29, 1.82) is 0 Å². The predicted octanol–water partition coefficient (Wildman–Crippen LogP) is 0.0153. The van der Waals surface area contributed by atoms with Crippen LogP contribution in [-0.2, 0) is 9.59 Å². The minimum Gasteiger partial charge on any atom is -0.373 e. The molecule has 2 fully saturated rings. The summed E-state index contributed by atoms with van der Waals surface area (Å²) in [5.74, 6) is -1.98. The molecule has 136 valence electrons. The molecule has 8 heteroatoms. The van der Waals surface area contributed by atoms with Gasteiger partial charge < -0.3 is 10.6 Å². The number of likely N-dealkylation sites (N-methyl/N-ethyl adjacent to an activating group) is 1. The number of nitrogens with two attached hydrogens (primary N) is 1. The lowest BCUT2D eigenvalue weighted by atomic mass is 10.0. The van der Waals surface area contributed by atoms with Gasteiger partial charge in [-0.2, -0.15) is 0 Å². The van der Waals surface area contributed by atoms with Gasteiger partial charge in [-0.25, -0.2) is 0 Å². The Morgan fingerprint density at radius 1 is 1.19 bits per heavy atom. The first-order valence-corrected chi connectivity index (χ1v) is 8.65. The van der Waals surface area contributed by atoms with Crippen molar-refractivity contribution in [2.75, 3.05) is 18.5 Å². The summed E-state index contributed by atoms with van der Waals surface area (Å²) in [5.41, 5.74) is 7.34. The van der Waals surface area contributed by atoms with E-state index in [4.69, 9.17) is 5.73 Å². The molecule has 1 atom stereocenters. The first-order chi connectivity index (χ1) is 12.3. The van der Waals surface area contributed by atoms with Gasteiger partial charge >= 0.3 is 0 Å². The number of nitrogens with one attached hydrogen (secondary N) is 1. The van der Waals surface area contributed by atoms with Crippen LogP contribution >= 0.6 is 0 Å². The standard InChI is InChI=1S/C18H20N4O4/c1-21(9-18(19)6-7-18)10-2-3-11-12(8-10)17(26)22(16(11)25)13-4-5-14(23)20-15(13)24/h2-3,8,13H,4-7,9,19H2,1H3,(H,20,23,24). The normalized spacial score (nSPS) is 23.8. The van der Waals surface area contributed by atoms with Crippen molar-refractivity contribution in [3.63, 3.8) is 0 Å². The van der Waals surface area contributed by atoms with E-state index in [1.165, 1.54) is 0 Å². The van der Waals surface area contributed by atoms with E-state index in [9.17, 15) is 19.2 Å². The van der Waals surface area contributed by atoms with E-state index in [2.05, 4.69) is 5.32 Å². The average Bonchev–Trinajstić information content (AvgIpc) is 3.26. The molecule has 8 nitrogen and oxygen atoms in total. The summed E-state index contributed by atoms with van der Waals surface area (Å²) in [4.78, 5) is 51.8. The Hall–Kier alpha value is -2.74. The topological polar surface area (TPSA) is 113 Å². The van der Waals surface area contributed by atoms with Crippen LogP contribution in [0.2, 0.25) is 0 Å². The largest absolute Gasteiger partial charge is 0.373 e. The highest BCUT2D eigenvalue weighted by atomic mass is 16.2. The van der Waals surface area contributed by atoms with Gasteiger partial charge in [0.15, 0.2) is 0 Å². The van der Waals surface area contributed by atoms with Gasteiger partial charge in [-0.3, -0.25) is 29.4 Å². The maximum Gasteiger partial charge on any atom is 0.262 e. The van der Waals surface area contributed by atoms with Crippen LogP contribution < -0.4 is 16.0 Å². The summed E-state index contributed by atoms with van der Waals surface area (Å²) in [6.45, 7) is 0.671. The number of carbonyl (C=O) groups excluding carboxylic acids is 4. The van der Waals surface area contributed by atoms with Crippen LogP contribution in [0.1, 0.15) is 46.4 Å². The number of fused-ring (bicyclic) bond motifs is 1. The van der Waals surface area contributed by atoms with Gasteiger partial charge in [-0.1, -0.05) is 0 Å². The molecule has 3 N–H and O–H groups in total. The third kappa shape index (κ3) is 2.66. The first-order valence-electron chi connectivity index (χ1n) is 8.65. The summed E-state index contributed by atoms with van der Waals surface area (Å²) in [5, 5.41) is 2.19. The predicted molar refractivity (Wildman–Crippen MR) is 92.5 cm³/mol. The molecule has 4 rings (SSSR count). The Labute approximate surface area is 150 Å². The summed E-state index contributed by atoms with van der Waals surface area (Å²) in [7, 11) is 1.90. The van der Waals surface area contributed by atoms with E-state index < -0.39 is 23.8 Å².